The second-order valence-electron chi connectivity index (χ2n) is 20.4. The first-order valence-electron chi connectivity index (χ1n) is 25.2. The van der Waals surface area contributed by atoms with Crippen LogP contribution in [0.25, 0.3) is 101 Å². The number of hydrogen-bond donors (Lipinski definition) is 0. The molecule has 3 saturated carbocycles. The van der Waals surface area contributed by atoms with E-state index < -0.39 is 0 Å². The van der Waals surface area contributed by atoms with Gasteiger partial charge in [-0.1, -0.05) is 164 Å². The summed E-state index contributed by atoms with van der Waals surface area (Å²) in [4.78, 5) is 15.1. The van der Waals surface area contributed by atoms with E-state index in [1.807, 2.05) is 24.5 Å². The number of aromatic nitrogens is 3. The molecule has 334 valence electrons. The second-order valence-corrected chi connectivity index (χ2v) is 20.4. The van der Waals surface area contributed by atoms with Crippen LogP contribution in [-0.2, 0) is 0 Å². The normalized spacial score (nSPS) is 20.3. The molecule has 3 heterocycles. The van der Waals surface area contributed by atoms with Crippen molar-refractivity contribution in [3.63, 3.8) is 0 Å². The zero-order valence-corrected chi connectivity index (χ0v) is 39.0. The first-order valence-corrected chi connectivity index (χ1v) is 25.2. The predicted molar refractivity (Wildman–Crippen MR) is 287 cm³/mol. The van der Waals surface area contributed by atoms with E-state index in [1.165, 1.54) is 37.7 Å². The SMILES string of the molecule is c1ccc(-c2ccc(-c3ccccc3-c3cc(-c4ccccc4-c4ccc(-c5ccccc5)nc4)cc(-c4ccccc4-c4ccc(-c5ccc6c(c5)C5CC7CC8CC6CC87C5)nc4)c3)cn2)cc1. The number of hydrogen-bond acceptors (Lipinski definition) is 3. The van der Waals surface area contributed by atoms with Crippen LogP contribution < -0.4 is 0 Å². The molecule has 4 aliphatic carbocycles. The molecule has 0 N–H and O–H groups in total. The molecule has 3 nitrogen and oxygen atoms in total. The van der Waals surface area contributed by atoms with E-state index in [1.54, 1.807) is 11.1 Å². The van der Waals surface area contributed by atoms with Crippen LogP contribution in [-0.4, -0.2) is 15.0 Å². The molecule has 0 radical (unpaired) electrons. The van der Waals surface area contributed by atoms with Gasteiger partial charge in [0.15, 0.2) is 0 Å². The van der Waals surface area contributed by atoms with Gasteiger partial charge in [0.2, 0.25) is 0 Å². The maximum atomic E-state index is 5.22. The van der Waals surface area contributed by atoms with Crippen molar-refractivity contribution in [3.05, 3.63) is 236 Å². The van der Waals surface area contributed by atoms with E-state index in [-0.39, 0.29) is 0 Å². The molecule has 14 rings (SSSR count). The van der Waals surface area contributed by atoms with Crippen molar-refractivity contribution in [1.29, 1.82) is 0 Å². The number of pyridine rings is 3. The summed E-state index contributed by atoms with van der Waals surface area (Å²) in [7, 11) is 0. The summed E-state index contributed by atoms with van der Waals surface area (Å²) in [5.74, 6) is 3.42. The van der Waals surface area contributed by atoms with Gasteiger partial charge >= 0.3 is 0 Å². The lowest BCUT2D eigenvalue weighted by Gasteiger charge is -2.48. The molecular formula is C67H51N3. The Morgan fingerprint density at radius 1 is 0.286 bits per heavy atom. The molecule has 3 fully saturated rings. The fourth-order valence-electron chi connectivity index (χ4n) is 13.5. The average Bonchev–Trinajstić information content (AvgIpc) is 3.87. The van der Waals surface area contributed by atoms with E-state index in [9.17, 15) is 0 Å². The third-order valence-electron chi connectivity index (χ3n) is 16.9. The van der Waals surface area contributed by atoms with Crippen LogP contribution >= 0.6 is 0 Å². The molecule has 3 bridgehead atoms. The van der Waals surface area contributed by atoms with Gasteiger partial charge < -0.3 is 0 Å². The van der Waals surface area contributed by atoms with Crippen LogP contribution in [0.4, 0.5) is 0 Å². The minimum absolute atomic E-state index is 0.661. The molecule has 5 atom stereocenters. The molecule has 3 heteroatoms. The first-order chi connectivity index (χ1) is 34.6. The van der Waals surface area contributed by atoms with Crippen LogP contribution in [0.3, 0.4) is 0 Å². The van der Waals surface area contributed by atoms with Gasteiger partial charge in [-0.05, 0) is 165 Å². The molecule has 5 unspecified atom stereocenters. The van der Waals surface area contributed by atoms with E-state index >= 15 is 0 Å². The molecule has 0 amide bonds. The van der Waals surface area contributed by atoms with Gasteiger partial charge in [0.1, 0.15) is 0 Å². The Labute approximate surface area is 410 Å². The van der Waals surface area contributed by atoms with Gasteiger partial charge in [-0.2, -0.15) is 0 Å². The van der Waals surface area contributed by atoms with Crippen molar-refractivity contribution in [3.8, 4) is 101 Å². The number of benzene rings is 7. The highest BCUT2D eigenvalue weighted by Crippen LogP contribution is 2.76. The first kappa shape index (κ1) is 41.0. The summed E-state index contributed by atoms with van der Waals surface area (Å²) in [5.41, 5.74) is 23.9. The molecule has 3 aromatic heterocycles. The van der Waals surface area contributed by atoms with E-state index in [2.05, 4.69) is 200 Å². The molecule has 0 saturated heterocycles. The maximum absolute atomic E-state index is 5.22. The van der Waals surface area contributed by atoms with Gasteiger partial charge in [0.05, 0.1) is 17.1 Å². The average molecular weight is 898 g/mol. The van der Waals surface area contributed by atoms with Gasteiger partial charge in [-0.3, -0.25) is 15.0 Å². The minimum atomic E-state index is 0.661. The van der Waals surface area contributed by atoms with Crippen molar-refractivity contribution < 1.29 is 0 Å². The molecule has 4 aliphatic rings. The monoisotopic (exact) mass is 897 g/mol. The van der Waals surface area contributed by atoms with Gasteiger partial charge in [0, 0.05) is 52.0 Å². The third kappa shape index (κ3) is 6.90. The van der Waals surface area contributed by atoms with Crippen molar-refractivity contribution in [1.82, 2.24) is 15.0 Å². The van der Waals surface area contributed by atoms with Crippen molar-refractivity contribution in [2.45, 2.75) is 43.9 Å². The van der Waals surface area contributed by atoms with E-state index in [0.717, 1.165) is 119 Å². The fraction of sp³-hybridized carbons (Fsp3) is 0.149. The van der Waals surface area contributed by atoms with Crippen molar-refractivity contribution in [2.75, 3.05) is 0 Å². The minimum Gasteiger partial charge on any atom is -0.256 e. The molecular weight excluding hydrogens is 847 g/mol. The zero-order chi connectivity index (χ0) is 46.2. The summed E-state index contributed by atoms with van der Waals surface area (Å²) in [6.45, 7) is 0. The lowest BCUT2D eigenvalue weighted by atomic mass is 9.56. The highest BCUT2D eigenvalue weighted by atomic mass is 14.7. The molecule has 7 aromatic carbocycles. The summed E-state index contributed by atoms with van der Waals surface area (Å²) < 4.78 is 0. The van der Waals surface area contributed by atoms with Crippen LogP contribution in [0.5, 0.6) is 0 Å². The van der Waals surface area contributed by atoms with Gasteiger partial charge in [-0.15, -0.1) is 0 Å². The maximum Gasteiger partial charge on any atom is 0.0702 e. The van der Waals surface area contributed by atoms with Crippen LogP contribution in [0, 0.1) is 17.3 Å². The number of fused-ring (bicyclic) bond motifs is 5. The Hall–Kier alpha value is -8.01. The summed E-state index contributed by atoms with van der Waals surface area (Å²) >= 11 is 0. The molecule has 0 aliphatic heterocycles. The van der Waals surface area contributed by atoms with E-state index in [0.29, 0.717) is 5.41 Å². The predicted octanol–water partition coefficient (Wildman–Crippen LogP) is 17.3. The smallest absolute Gasteiger partial charge is 0.0702 e. The highest BCUT2D eigenvalue weighted by Gasteiger charge is 2.65. The highest BCUT2D eigenvalue weighted by molar-refractivity contribution is 5.94. The standard InChI is InChI=1S/C67H51N3/c1-3-13-43(14-4-1)64-28-24-46(40-68-64)56-17-7-10-20-59(56)49-31-50(60-21-11-8-18-57(60)47-25-29-65(69-41-47)44-15-5-2-6-16-44)33-51(32-49)61-22-12-9-19-58(61)48-26-30-66(70-42-48)45-23-27-62-52-34-54-37-55-35-53(63(62)36-45)39-67(54,55)38-52/h1-33,36,40-42,52-55H,34-35,37-39H2. The van der Waals surface area contributed by atoms with Crippen LogP contribution in [0.2, 0.25) is 0 Å². The van der Waals surface area contributed by atoms with Gasteiger partial charge in [0.25, 0.3) is 0 Å². The lowest BCUT2D eigenvalue weighted by Crippen LogP contribution is -2.41. The topological polar surface area (TPSA) is 38.7 Å². The molecule has 1 spiro atoms. The summed E-state index contributed by atoms with van der Waals surface area (Å²) in [6.07, 6.45) is 13.2. The van der Waals surface area contributed by atoms with Crippen LogP contribution in [0.15, 0.2) is 225 Å². The summed E-state index contributed by atoms with van der Waals surface area (Å²) in [5, 5.41) is 0. The number of rotatable bonds is 9. The lowest BCUT2D eigenvalue weighted by molar-refractivity contribution is 0.00322. The van der Waals surface area contributed by atoms with E-state index in [4.69, 9.17) is 15.0 Å². The summed E-state index contributed by atoms with van der Waals surface area (Å²) in [6, 6.07) is 74.7. The molecule has 70 heavy (non-hydrogen) atoms. The second kappa shape index (κ2) is 16.6. The van der Waals surface area contributed by atoms with Crippen molar-refractivity contribution >= 4 is 0 Å². The number of nitrogens with zero attached hydrogens (tertiary/aromatic N) is 3. The Morgan fingerprint density at radius 3 is 1.04 bits per heavy atom. The van der Waals surface area contributed by atoms with Crippen molar-refractivity contribution in [2.24, 2.45) is 17.3 Å². The fourth-order valence-corrected chi connectivity index (χ4v) is 13.5. The van der Waals surface area contributed by atoms with Gasteiger partial charge in [-0.25, -0.2) is 0 Å². The Morgan fingerprint density at radius 2 is 0.643 bits per heavy atom. The Balaban J connectivity index is 0.865. The Kier molecular flexibility index (Phi) is 9.72. The third-order valence-corrected chi connectivity index (χ3v) is 16.9. The Bertz CT molecular complexity index is 3440. The van der Waals surface area contributed by atoms with Crippen LogP contribution in [0.1, 0.15) is 55.1 Å². The molecule has 10 aromatic rings. The largest absolute Gasteiger partial charge is 0.256 e. The zero-order valence-electron chi connectivity index (χ0n) is 39.0. The quantitative estimate of drug-likeness (QED) is 0.145.